The van der Waals surface area contributed by atoms with E-state index in [9.17, 15) is 19.8 Å². The van der Waals surface area contributed by atoms with Crippen LogP contribution in [0.15, 0.2) is 42.5 Å². The largest absolute Gasteiger partial charge is 0.508 e. The minimum Gasteiger partial charge on any atom is -0.508 e. The first kappa shape index (κ1) is 16.6. The van der Waals surface area contributed by atoms with Crippen LogP contribution in [0.1, 0.15) is 15.9 Å². The van der Waals surface area contributed by atoms with Crippen molar-refractivity contribution in [3.05, 3.63) is 53.6 Å². The van der Waals surface area contributed by atoms with Gasteiger partial charge in [0.25, 0.3) is 5.91 Å². The summed E-state index contributed by atoms with van der Waals surface area (Å²) in [5.74, 6) is -0.538. The average Bonchev–Trinajstić information content (AvgIpc) is 2.62. The number of phenols is 1. The lowest BCUT2D eigenvalue weighted by molar-refractivity contribution is -0.139. The van der Waals surface area contributed by atoms with E-state index in [0.29, 0.717) is 35.8 Å². The number of hydrogen-bond acceptors (Lipinski definition) is 5. The van der Waals surface area contributed by atoms with Gasteiger partial charge in [0.2, 0.25) is 0 Å². The summed E-state index contributed by atoms with van der Waals surface area (Å²) in [6, 6.07) is 9.78. The number of carboxylic acid groups (broad SMARTS) is 1. The van der Waals surface area contributed by atoms with Crippen LogP contribution in [0, 0.1) is 0 Å². The lowest BCUT2D eigenvalue weighted by atomic mass is 10.1. The molecule has 130 valence electrons. The summed E-state index contributed by atoms with van der Waals surface area (Å²) in [6.07, 6.45) is 0.103. The van der Waals surface area contributed by atoms with Gasteiger partial charge in [-0.1, -0.05) is 12.1 Å². The van der Waals surface area contributed by atoms with Crippen molar-refractivity contribution in [1.29, 1.82) is 0 Å². The summed E-state index contributed by atoms with van der Waals surface area (Å²) >= 11 is 0. The van der Waals surface area contributed by atoms with Gasteiger partial charge in [-0.15, -0.1) is 0 Å². The number of nitrogens with one attached hydrogen (secondary N) is 1. The Kier molecular flexibility index (Phi) is 4.74. The highest BCUT2D eigenvalue weighted by Crippen LogP contribution is 2.30. The Balaban J connectivity index is 1.72. The van der Waals surface area contributed by atoms with E-state index < -0.39 is 17.9 Å². The number of carbonyl (C=O) groups is 2. The van der Waals surface area contributed by atoms with E-state index >= 15 is 0 Å². The van der Waals surface area contributed by atoms with Crippen LogP contribution in [-0.4, -0.2) is 41.3 Å². The van der Waals surface area contributed by atoms with Gasteiger partial charge in [-0.3, -0.25) is 4.79 Å². The second kappa shape index (κ2) is 7.12. The molecule has 1 aliphatic rings. The second-order valence-corrected chi connectivity index (χ2v) is 5.59. The number of carboxylic acids is 1. The zero-order valence-corrected chi connectivity index (χ0v) is 13.3. The normalized spacial score (nSPS) is 13.8. The van der Waals surface area contributed by atoms with Crippen molar-refractivity contribution in [3.63, 3.8) is 0 Å². The number of phenolic OH excluding ortho intramolecular Hbond substituents is 1. The molecule has 1 amide bonds. The minimum absolute atomic E-state index is 0.0935. The van der Waals surface area contributed by atoms with Crippen LogP contribution in [0.5, 0.6) is 17.2 Å². The fraction of sp³-hybridized carbons (Fsp3) is 0.222. The van der Waals surface area contributed by atoms with E-state index in [1.165, 1.54) is 18.2 Å². The van der Waals surface area contributed by atoms with Crippen molar-refractivity contribution in [1.82, 2.24) is 5.32 Å². The van der Waals surface area contributed by atoms with Gasteiger partial charge >= 0.3 is 5.97 Å². The quantitative estimate of drug-likeness (QED) is 0.761. The average molecular weight is 343 g/mol. The van der Waals surface area contributed by atoms with Crippen molar-refractivity contribution in [2.45, 2.75) is 12.5 Å². The molecule has 2 aromatic rings. The van der Waals surface area contributed by atoms with E-state index in [4.69, 9.17) is 9.47 Å². The molecule has 0 aliphatic carbocycles. The number of hydrogen-bond donors (Lipinski definition) is 3. The highest BCUT2D eigenvalue weighted by atomic mass is 16.6. The molecule has 0 aromatic heterocycles. The summed E-state index contributed by atoms with van der Waals surface area (Å²) in [5.41, 5.74) is 0.980. The third-order valence-electron chi connectivity index (χ3n) is 3.78. The number of amides is 1. The molecule has 0 saturated carbocycles. The molecule has 25 heavy (non-hydrogen) atoms. The molecule has 7 nitrogen and oxygen atoms in total. The fourth-order valence-corrected chi connectivity index (χ4v) is 2.49. The fourth-order valence-electron chi connectivity index (χ4n) is 2.49. The highest BCUT2D eigenvalue weighted by Gasteiger charge is 2.22. The molecular formula is C18H17NO6. The Morgan fingerprint density at radius 3 is 2.40 bits per heavy atom. The molecule has 3 rings (SSSR count). The van der Waals surface area contributed by atoms with Crippen LogP contribution in [0.25, 0.3) is 0 Å². The smallest absolute Gasteiger partial charge is 0.326 e. The third kappa shape index (κ3) is 4.00. The topological polar surface area (TPSA) is 105 Å². The molecule has 2 aromatic carbocycles. The summed E-state index contributed by atoms with van der Waals surface area (Å²) in [5, 5.41) is 21.2. The molecule has 1 aliphatic heterocycles. The van der Waals surface area contributed by atoms with E-state index in [0.717, 1.165) is 0 Å². The van der Waals surface area contributed by atoms with E-state index in [2.05, 4.69) is 5.32 Å². The molecule has 7 heteroatoms. The Bertz CT molecular complexity index is 787. The van der Waals surface area contributed by atoms with Crippen LogP contribution < -0.4 is 14.8 Å². The van der Waals surface area contributed by atoms with Crippen LogP contribution in [0.3, 0.4) is 0 Å². The molecule has 1 heterocycles. The molecule has 0 spiro atoms. The number of rotatable bonds is 5. The zero-order valence-electron chi connectivity index (χ0n) is 13.3. The summed E-state index contributed by atoms with van der Waals surface area (Å²) in [6.45, 7) is 0.850. The summed E-state index contributed by atoms with van der Waals surface area (Å²) in [7, 11) is 0. The van der Waals surface area contributed by atoms with Gasteiger partial charge in [0.15, 0.2) is 11.5 Å². The molecule has 3 N–H and O–H groups in total. The van der Waals surface area contributed by atoms with Crippen molar-refractivity contribution < 1.29 is 29.3 Å². The van der Waals surface area contributed by atoms with E-state index in [1.807, 2.05) is 0 Å². The number of fused-ring (bicyclic) bond motifs is 1. The maximum absolute atomic E-state index is 12.4. The van der Waals surface area contributed by atoms with Gasteiger partial charge < -0.3 is 25.0 Å². The number of aliphatic carboxylic acids is 1. The molecule has 0 bridgehead atoms. The molecule has 0 saturated heterocycles. The third-order valence-corrected chi connectivity index (χ3v) is 3.78. The Morgan fingerprint density at radius 2 is 1.72 bits per heavy atom. The molecule has 1 atom stereocenters. The maximum atomic E-state index is 12.4. The van der Waals surface area contributed by atoms with Gasteiger partial charge in [0.05, 0.1) is 0 Å². The molecule has 0 unspecified atom stereocenters. The molecular weight excluding hydrogens is 326 g/mol. The lowest BCUT2D eigenvalue weighted by Crippen LogP contribution is -2.42. The van der Waals surface area contributed by atoms with Crippen molar-refractivity contribution in [3.8, 4) is 17.2 Å². The zero-order chi connectivity index (χ0) is 17.8. The van der Waals surface area contributed by atoms with Crippen molar-refractivity contribution in [2.75, 3.05) is 13.2 Å². The Hall–Kier alpha value is -3.22. The number of carbonyl (C=O) groups excluding carboxylic acids is 1. The van der Waals surface area contributed by atoms with Crippen LogP contribution in [0.4, 0.5) is 0 Å². The van der Waals surface area contributed by atoms with Crippen LogP contribution >= 0.6 is 0 Å². The predicted octanol–water partition coefficient (Wildman–Crippen LogP) is 1.59. The van der Waals surface area contributed by atoms with Crippen molar-refractivity contribution >= 4 is 11.9 Å². The van der Waals surface area contributed by atoms with Gasteiger partial charge in [0, 0.05) is 12.0 Å². The summed E-state index contributed by atoms with van der Waals surface area (Å²) in [4.78, 5) is 23.8. The monoisotopic (exact) mass is 343 g/mol. The lowest BCUT2D eigenvalue weighted by Gasteiger charge is -2.19. The van der Waals surface area contributed by atoms with Crippen LogP contribution in [0.2, 0.25) is 0 Å². The van der Waals surface area contributed by atoms with Crippen LogP contribution in [-0.2, 0) is 11.2 Å². The molecule has 0 radical (unpaired) electrons. The molecule has 0 fully saturated rings. The minimum atomic E-state index is -1.14. The first-order valence-corrected chi connectivity index (χ1v) is 7.74. The number of ether oxygens (including phenoxy) is 2. The number of benzene rings is 2. The van der Waals surface area contributed by atoms with Crippen molar-refractivity contribution in [2.24, 2.45) is 0 Å². The number of aromatic hydroxyl groups is 1. The maximum Gasteiger partial charge on any atom is 0.326 e. The highest BCUT2D eigenvalue weighted by molar-refractivity contribution is 5.97. The summed E-state index contributed by atoms with van der Waals surface area (Å²) < 4.78 is 10.8. The van der Waals surface area contributed by atoms with E-state index in [-0.39, 0.29) is 12.2 Å². The van der Waals surface area contributed by atoms with Gasteiger partial charge in [-0.2, -0.15) is 0 Å². The Labute approximate surface area is 143 Å². The Morgan fingerprint density at radius 1 is 1.04 bits per heavy atom. The van der Waals surface area contributed by atoms with Gasteiger partial charge in [-0.05, 0) is 35.9 Å². The van der Waals surface area contributed by atoms with Gasteiger partial charge in [0.1, 0.15) is 25.0 Å². The first-order chi connectivity index (χ1) is 12.0. The SMILES string of the molecule is O=C(N[C@@H](Cc1ccc(O)cc1)C(=O)O)c1ccc2c(c1)OCCO2. The predicted molar refractivity (Wildman–Crippen MR) is 88.1 cm³/mol. The van der Waals surface area contributed by atoms with E-state index in [1.54, 1.807) is 24.3 Å². The standard InChI is InChI=1S/C18H17NO6/c20-13-4-1-11(2-5-13)9-14(18(22)23)19-17(21)12-3-6-15-16(10-12)25-8-7-24-15/h1-6,10,14,20H,7-9H2,(H,19,21)(H,22,23)/t14-/m0/s1. The second-order valence-electron chi connectivity index (χ2n) is 5.59. The van der Waals surface area contributed by atoms with Gasteiger partial charge in [-0.25, -0.2) is 4.79 Å². The first-order valence-electron chi connectivity index (χ1n) is 7.74.